The highest BCUT2D eigenvalue weighted by molar-refractivity contribution is 14.1. The van der Waals surface area contributed by atoms with Crippen LogP contribution >= 0.6 is 22.6 Å². The van der Waals surface area contributed by atoms with E-state index in [4.69, 9.17) is 4.74 Å². The zero-order valence-electron chi connectivity index (χ0n) is 14.3. The minimum absolute atomic E-state index is 0.217. The molecule has 2 aromatic rings. The summed E-state index contributed by atoms with van der Waals surface area (Å²) < 4.78 is 8.63. The van der Waals surface area contributed by atoms with Crippen molar-refractivity contribution in [2.24, 2.45) is 5.92 Å². The van der Waals surface area contributed by atoms with Gasteiger partial charge in [-0.2, -0.15) is 0 Å². The molecule has 6 nitrogen and oxygen atoms in total. The van der Waals surface area contributed by atoms with Gasteiger partial charge in [0.2, 0.25) is 0 Å². The molecular formula is C17H23IN4O2. The fraction of sp³-hybridized carbons (Fsp3) is 0.588. The number of hydrogen-bond donors (Lipinski definition) is 0. The molecule has 1 aliphatic rings. The highest BCUT2D eigenvalue weighted by Gasteiger charge is 2.28. The number of rotatable bonds is 2. The van der Waals surface area contributed by atoms with Crippen LogP contribution in [0.2, 0.25) is 0 Å². The number of likely N-dealkylation sites (tertiary alicyclic amines) is 1. The van der Waals surface area contributed by atoms with Crippen molar-refractivity contribution in [1.82, 2.24) is 19.9 Å². The van der Waals surface area contributed by atoms with Crippen LogP contribution in [0.25, 0.3) is 11.0 Å². The van der Waals surface area contributed by atoms with E-state index in [9.17, 15) is 4.79 Å². The van der Waals surface area contributed by atoms with E-state index in [1.807, 2.05) is 42.5 Å². The zero-order chi connectivity index (χ0) is 17.3. The van der Waals surface area contributed by atoms with Gasteiger partial charge >= 0.3 is 6.09 Å². The fourth-order valence-electron chi connectivity index (χ4n) is 3.02. The molecule has 0 aliphatic carbocycles. The van der Waals surface area contributed by atoms with Gasteiger partial charge in [-0.25, -0.2) is 9.48 Å². The number of amides is 1. The lowest BCUT2D eigenvalue weighted by molar-refractivity contribution is 0.0156. The molecule has 0 bridgehead atoms. The number of benzene rings is 1. The van der Waals surface area contributed by atoms with Crippen molar-refractivity contribution < 1.29 is 9.53 Å². The highest BCUT2D eigenvalue weighted by Crippen LogP contribution is 2.22. The van der Waals surface area contributed by atoms with E-state index in [0.29, 0.717) is 12.5 Å². The Bertz CT molecular complexity index is 738. The summed E-state index contributed by atoms with van der Waals surface area (Å²) in [6.45, 7) is 7.94. The van der Waals surface area contributed by atoms with Crippen LogP contribution in [0.4, 0.5) is 4.79 Å². The molecule has 24 heavy (non-hydrogen) atoms. The summed E-state index contributed by atoms with van der Waals surface area (Å²) >= 11 is 2.30. The van der Waals surface area contributed by atoms with Gasteiger partial charge in [0.1, 0.15) is 11.1 Å². The quantitative estimate of drug-likeness (QED) is 0.666. The number of halogens is 1. The minimum atomic E-state index is -0.456. The lowest BCUT2D eigenvalue weighted by atomic mass is 9.98. The summed E-state index contributed by atoms with van der Waals surface area (Å²) in [7, 11) is 0. The number of fused-ring (bicyclic) bond motifs is 1. The van der Waals surface area contributed by atoms with Crippen molar-refractivity contribution >= 4 is 39.7 Å². The Labute approximate surface area is 155 Å². The molecule has 1 amide bonds. The van der Waals surface area contributed by atoms with Crippen molar-refractivity contribution in [3.8, 4) is 0 Å². The maximum absolute atomic E-state index is 12.3. The smallest absolute Gasteiger partial charge is 0.410 e. The first-order chi connectivity index (χ1) is 11.3. The molecule has 1 saturated heterocycles. The molecule has 1 unspecified atom stereocenters. The molecule has 1 aromatic heterocycles. The predicted octanol–water partition coefficient (Wildman–Crippen LogP) is 3.68. The summed E-state index contributed by atoms with van der Waals surface area (Å²) in [6, 6.07) is 6.13. The van der Waals surface area contributed by atoms with Gasteiger partial charge in [-0.1, -0.05) is 5.21 Å². The Hall–Kier alpha value is -1.38. The number of carbonyl (C=O) groups excluding carboxylic acids is 1. The molecule has 1 aliphatic heterocycles. The maximum Gasteiger partial charge on any atom is 0.410 e. The van der Waals surface area contributed by atoms with Gasteiger partial charge in [-0.3, -0.25) is 0 Å². The van der Waals surface area contributed by atoms with Crippen LogP contribution in [0, 0.1) is 9.49 Å². The molecule has 0 N–H and O–H groups in total. The van der Waals surface area contributed by atoms with Crippen molar-refractivity contribution in [3.63, 3.8) is 0 Å². The van der Waals surface area contributed by atoms with Crippen molar-refractivity contribution in [3.05, 3.63) is 21.8 Å². The second kappa shape index (κ2) is 6.85. The minimum Gasteiger partial charge on any atom is -0.444 e. The second-order valence-corrected chi connectivity index (χ2v) is 8.58. The van der Waals surface area contributed by atoms with E-state index < -0.39 is 5.60 Å². The summed E-state index contributed by atoms with van der Waals surface area (Å²) in [4.78, 5) is 14.1. The number of aromatic nitrogens is 3. The molecule has 0 spiro atoms. The predicted molar refractivity (Wildman–Crippen MR) is 101 cm³/mol. The Morgan fingerprint density at radius 1 is 1.42 bits per heavy atom. The van der Waals surface area contributed by atoms with E-state index in [1.165, 1.54) is 3.57 Å². The monoisotopic (exact) mass is 442 g/mol. The van der Waals surface area contributed by atoms with Crippen LogP contribution in [0.15, 0.2) is 18.2 Å². The largest absolute Gasteiger partial charge is 0.444 e. The first-order valence-corrected chi connectivity index (χ1v) is 9.36. The Kier molecular flexibility index (Phi) is 4.98. The summed E-state index contributed by atoms with van der Waals surface area (Å²) in [5.41, 5.74) is 1.51. The molecule has 0 saturated carbocycles. The molecule has 7 heteroatoms. The van der Waals surface area contributed by atoms with Gasteiger partial charge < -0.3 is 9.64 Å². The van der Waals surface area contributed by atoms with E-state index >= 15 is 0 Å². The third kappa shape index (κ3) is 4.17. The van der Waals surface area contributed by atoms with Gasteiger partial charge in [0.05, 0.1) is 5.52 Å². The van der Waals surface area contributed by atoms with Crippen LogP contribution in [0.1, 0.15) is 33.6 Å². The van der Waals surface area contributed by atoms with Gasteiger partial charge in [0, 0.05) is 23.2 Å². The van der Waals surface area contributed by atoms with Gasteiger partial charge in [0.25, 0.3) is 0 Å². The molecule has 130 valence electrons. The fourth-order valence-corrected chi connectivity index (χ4v) is 3.50. The normalized spacial score (nSPS) is 18.8. The highest BCUT2D eigenvalue weighted by atomic mass is 127. The third-order valence-electron chi connectivity index (χ3n) is 4.08. The summed E-state index contributed by atoms with van der Waals surface area (Å²) in [5, 5.41) is 8.52. The van der Waals surface area contributed by atoms with Crippen LogP contribution in [0.5, 0.6) is 0 Å². The number of hydrogen-bond acceptors (Lipinski definition) is 4. The average molecular weight is 442 g/mol. The third-order valence-corrected chi connectivity index (χ3v) is 4.75. The molecule has 1 aromatic carbocycles. The van der Waals surface area contributed by atoms with E-state index in [2.05, 4.69) is 39.0 Å². The number of piperidine rings is 1. The van der Waals surface area contributed by atoms with Crippen molar-refractivity contribution in [2.45, 2.75) is 45.8 Å². The lowest BCUT2D eigenvalue weighted by Crippen LogP contribution is -2.43. The lowest BCUT2D eigenvalue weighted by Gasteiger charge is -2.34. The van der Waals surface area contributed by atoms with Gasteiger partial charge in [0.15, 0.2) is 0 Å². The maximum atomic E-state index is 12.3. The van der Waals surface area contributed by atoms with Crippen LogP contribution in [-0.2, 0) is 11.3 Å². The number of nitrogens with zero attached hydrogens (tertiary/aromatic N) is 4. The first kappa shape index (κ1) is 17.4. The Balaban J connectivity index is 1.68. The second-order valence-electron chi connectivity index (χ2n) is 7.34. The van der Waals surface area contributed by atoms with Crippen LogP contribution in [-0.4, -0.2) is 44.7 Å². The molecule has 0 radical (unpaired) electrons. The van der Waals surface area contributed by atoms with E-state index in [0.717, 1.165) is 37.0 Å². The number of ether oxygens (including phenoxy) is 1. The molecular weight excluding hydrogens is 419 g/mol. The van der Waals surface area contributed by atoms with Crippen molar-refractivity contribution in [1.29, 1.82) is 0 Å². The van der Waals surface area contributed by atoms with Crippen LogP contribution < -0.4 is 0 Å². The Morgan fingerprint density at radius 3 is 2.96 bits per heavy atom. The molecule has 1 atom stereocenters. The molecule has 3 rings (SSSR count). The van der Waals surface area contributed by atoms with Crippen molar-refractivity contribution in [2.75, 3.05) is 13.1 Å². The topological polar surface area (TPSA) is 60.2 Å². The standard InChI is InChI=1S/C17H23IN4O2/c1-17(2,3)24-16(23)21-8-4-5-12(10-21)11-22-15-9-13(18)6-7-14(15)19-20-22/h6-7,9,12H,4-5,8,10-11H2,1-3H3. The van der Waals surface area contributed by atoms with Crippen LogP contribution in [0.3, 0.4) is 0 Å². The zero-order valence-corrected chi connectivity index (χ0v) is 16.5. The average Bonchev–Trinajstić information content (AvgIpc) is 2.88. The molecule has 1 fully saturated rings. The molecule has 2 heterocycles. The number of carbonyl (C=O) groups is 1. The first-order valence-electron chi connectivity index (χ1n) is 8.28. The summed E-state index contributed by atoms with van der Waals surface area (Å²) in [5.74, 6) is 0.369. The van der Waals surface area contributed by atoms with Gasteiger partial charge in [-0.15, -0.1) is 5.10 Å². The SMILES string of the molecule is CC(C)(C)OC(=O)N1CCCC(Cn2nnc3ccc(I)cc32)C1. The van der Waals surface area contributed by atoms with E-state index in [-0.39, 0.29) is 6.09 Å². The van der Waals surface area contributed by atoms with E-state index in [1.54, 1.807) is 0 Å². The Morgan fingerprint density at radius 2 is 2.21 bits per heavy atom. The summed E-state index contributed by atoms with van der Waals surface area (Å²) in [6.07, 6.45) is 1.86. The van der Waals surface area contributed by atoms with Gasteiger partial charge in [-0.05, 0) is 80.3 Å².